The molecule has 39 heavy (non-hydrogen) atoms. The van der Waals surface area contributed by atoms with E-state index in [0.717, 1.165) is 5.56 Å². The second-order valence-corrected chi connectivity index (χ2v) is 11.7. The number of amides is 3. The zero-order valence-corrected chi connectivity index (χ0v) is 23.4. The summed E-state index contributed by atoms with van der Waals surface area (Å²) in [6, 6.07) is 11.5. The number of anilines is 1. The van der Waals surface area contributed by atoms with E-state index >= 15 is 0 Å². The summed E-state index contributed by atoms with van der Waals surface area (Å²) in [6.45, 7) is 8.01. The highest BCUT2D eigenvalue weighted by Gasteiger charge is 2.29. The zero-order chi connectivity index (χ0) is 29.1. The molecule has 0 spiro atoms. The fourth-order valence-electron chi connectivity index (χ4n) is 3.44. The highest BCUT2D eigenvalue weighted by Crippen LogP contribution is 2.12. The minimum absolute atomic E-state index is 0.00827. The topological polar surface area (TPSA) is 178 Å². The minimum atomic E-state index is -4.09. The molecule has 7 N–H and O–H groups in total. The van der Waals surface area contributed by atoms with Crippen molar-refractivity contribution in [2.45, 2.75) is 50.6 Å². The molecule has 3 amide bonds. The lowest BCUT2D eigenvalue weighted by Crippen LogP contribution is -2.51. The summed E-state index contributed by atoms with van der Waals surface area (Å²) in [5.74, 6) is -1.56. The van der Waals surface area contributed by atoms with Crippen molar-refractivity contribution in [3.63, 3.8) is 0 Å². The van der Waals surface area contributed by atoms with Gasteiger partial charge in [0.2, 0.25) is 21.8 Å². The average molecular weight is 563 g/mol. The molecule has 0 radical (unpaired) electrons. The van der Waals surface area contributed by atoms with E-state index < -0.39 is 39.8 Å². The van der Waals surface area contributed by atoms with Crippen molar-refractivity contribution >= 4 is 33.4 Å². The van der Waals surface area contributed by atoms with Gasteiger partial charge in [-0.15, -0.1) is 0 Å². The lowest BCUT2D eigenvalue weighted by Gasteiger charge is -2.23. The normalized spacial score (nSPS) is 12.3. The van der Waals surface area contributed by atoms with E-state index in [1.54, 1.807) is 57.2 Å². The number of hydroxylamine groups is 1. The van der Waals surface area contributed by atoms with Crippen LogP contribution < -0.4 is 31.5 Å². The van der Waals surface area contributed by atoms with Gasteiger partial charge >= 0.3 is 0 Å². The molecule has 0 heterocycles. The van der Waals surface area contributed by atoms with Crippen molar-refractivity contribution in [2.75, 3.05) is 31.5 Å². The SMILES string of the molecule is Cc1ccc(S(=O)(=O)N[C@@H](CC(=O)NC(C)(C)C)C(=O)NCCNC(=O)c2cccc(NCCNO)c2)cc1. The molecule has 1 atom stereocenters. The highest BCUT2D eigenvalue weighted by molar-refractivity contribution is 7.89. The van der Waals surface area contributed by atoms with Gasteiger partial charge in [-0.25, -0.2) is 13.9 Å². The molecule has 214 valence electrons. The van der Waals surface area contributed by atoms with Crippen LogP contribution in [0.25, 0.3) is 0 Å². The molecule has 0 fully saturated rings. The maximum Gasteiger partial charge on any atom is 0.251 e. The molecule has 0 bridgehead atoms. The summed E-state index contributed by atoms with van der Waals surface area (Å²) in [7, 11) is -4.09. The van der Waals surface area contributed by atoms with Gasteiger partial charge in [0.1, 0.15) is 6.04 Å². The third-order valence-corrected chi connectivity index (χ3v) is 6.74. The van der Waals surface area contributed by atoms with Crippen LogP contribution in [0.15, 0.2) is 53.4 Å². The number of hydrogen-bond acceptors (Lipinski definition) is 8. The second kappa shape index (κ2) is 14.6. The largest absolute Gasteiger partial charge is 0.384 e. The van der Waals surface area contributed by atoms with Crippen molar-refractivity contribution in [1.29, 1.82) is 0 Å². The molecule has 13 heteroatoms. The monoisotopic (exact) mass is 562 g/mol. The number of carbonyl (C=O) groups excluding carboxylic acids is 3. The van der Waals surface area contributed by atoms with Crippen molar-refractivity contribution < 1.29 is 28.0 Å². The molecule has 0 unspecified atom stereocenters. The smallest absolute Gasteiger partial charge is 0.251 e. The maximum absolute atomic E-state index is 12.9. The summed E-state index contributed by atoms with van der Waals surface area (Å²) in [4.78, 5) is 37.9. The molecule has 0 aromatic heterocycles. The lowest BCUT2D eigenvalue weighted by atomic mass is 10.1. The van der Waals surface area contributed by atoms with Crippen LogP contribution in [0.5, 0.6) is 0 Å². The Morgan fingerprint density at radius 1 is 0.923 bits per heavy atom. The van der Waals surface area contributed by atoms with Crippen LogP contribution >= 0.6 is 0 Å². The van der Waals surface area contributed by atoms with E-state index in [0.29, 0.717) is 24.3 Å². The summed E-state index contributed by atoms with van der Waals surface area (Å²) in [6.07, 6.45) is -0.411. The number of hydrogen-bond donors (Lipinski definition) is 7. The zero-order valence-electron chi connectivity index (χ0n) is 22.6. The van der Waals surface area contributed by atoms with Gasteiger partial charge in [-0.1, -0.05) is 23.8 Å². The molecule has 0 aliphatic heterocycles. The third kappa shape index (κ3) is 11.4. The van der Waals surface area contributed by atoms with Crippen LogP contribution in [0.1, 0.15) is 43.1 Å². The molecule has 2 rings (SSSR count). The molecular formula is C26H38N6O6S. The first-order valence-corrected chi connectivity index (χ1v) is 14.0. The maximum atomic E-state index is 12.9. The van der Waals surface area contributed by atoms with Gasteiger partial charge < -0.3 is 26.5 Å². The Bertz CT molecular complexity index is 1230. The van der Waals surface area contributed by atoms with E-state index in [1.807, 2.05) is 12.4 Å². The Hall–Kier alpha value is -3.52. The average Bonchev–Trinajstić information content (AvgIpc) is 2.85. The first kappa shape index (κ1) is 31.7. The standard InChI is InChI=1S/C26H38N6O6S/c1-18-8-10-21(11-9-18)39(37,38)32-22(17-23(33)31-26(2,3)4)25(35)29-13-12-28-24(34)19-6-5-7-20(16-19)27-14-15-30-36/h5-11,16,22,27,30,32,36H,12-15,17H2,1-4H3,(H,28,34)(H,29,35)(H,31,33)/t22-/m0/s1. The molecule has 2 aromatic rings. The summed E-state index contributed by atoms with van der Waals surface area (Å²) >= 11 is 0. The molecule has 0 aliphatic rings. The Balaban J connectivity index is 2.00. The Morgan fingerprint density at radius 2 is 1.59 bits per heavy atom. The molecule has 12 nitrogen and oxygen atoms in total. The fraction of sp³-hybridized carbons (Fsp3) is 0.423. The van der Waals surface area contributed by atoms with Crippen LogP contribution in [0, 0.1) is 6.92 Å². The van der Waals surface area contributed by atoms with E-state index in [9.17, 15) is 22.8 Å². The van der Waals surface area contributed by atoms with Crippen molar-refractivity contribution in [3.05, 3.63) is 59.7 Å². The van der Waals surface area contributed by atoms with Gasteiger partial charge in [0.25, 0.3) is 5.91 Å². The van der Waals surface area contributed by atoms with Gasteiger partial charge in [0.15, 0.2) is 0 Å². The molecule has 0 saturated carbocycles. The van der Waals surface area contributed by atoms with E-state index in [-0.39, 0.29) is 23.9 Å². The van der Waals surface area contributed by atoms with Gasteiger partial charge in [0.05, 0.1) is 11.3 Å². The summed E-state index contributed by atoms with van der Waals surface area (Å²) < 4.78 is 28.2. The van der Waals surface area contributed by atoms with Crippen LogP contribution in [-0.4, -0.2) is 69.1 Å². The first-order valence-electron chi connectivity index (χ1n) is 12.5. The van der Waals surface area contributed by atoms with Gasteiger partial charge in [-0.3, -0.25) is 14.4 Å². The number of rotatable bonds is 14. The number of benzene rings is 2. The summed E-state index contributed by atoms with van der Waals surface area (Å²) in [5, 5.41) is 19.7. The fourth-order valence-corrected chi connectivity index (χ4v) is 4.63. The molecule has 0 aliphatic carbocycles. The number of sulfonamides is 1. The van der Waals surface area contributed by atoms with E-state index in [2.05, 4.69) is 26.0 Å². The van der Waals surface area contributed by atoms with Crippen molar-refractivity contribution in [3.8, 4) is 0 Å². The van der Waals surface area contributed by atoms with Crippen LogP contribution in [-0.2, 0) is 19.6 Å². The third-order valence-electron chi connectivity index (χ3n) is 5.25. The van der Waals surface area contributed by atoms with Crippen LogP contribution in [0.3, 0.4) is 0 Å². The number of aryl methyl sites for hydroxylation is 1. The predicted octanol–water partition coefficient (Wildman–Crippen LogP) is 0.884. The van der Waals surface area contributed by atoms with Gasteiger partial charge in [0, 0.05) is 43.0 Å². The van der Waals surface area contributed by atoms with Crippen molar-refractivity contribution in [2.24, 2.45) is 0 Å². The Kier molecular flexibility index (Phi) is 11.9. The van der Waals surface area contributed by atoms with Crippen LogP contribution in [0.4, 0.5) is 5.69 Å². The Labute approximate surface area is 229 Å². The van der Waals surface area contributed by atoms with Gasteiger partial charge in [-0.2, -0.15) is 4.72 Å². The number of carbonyl (C=O) groups is 3. The lowest BCUT2D eigenvalue weighted by molar-refractivity contribution is -0.128. The van der Waals surface area contributed by atoms with E-state index in [4.69, 9.17) is 5.21 Å². The molecule has 2 aromatic carbocycles. The number of nitrogens with one attached hydrogen (secondary N) is 6. The molecular weight excluding hydrogens is 524 g/mol. The van der Waals surface area contributed by atoms with Gasteiger partial charge in [-0.05, 0) is 58.0 Å². The molecule has 0 saturated heterocycles. The highest BCUT2D eigenvalue weighted by atomic mass is 32.2. The van der Waals surface area contributed by atoms with E-state index in [1.165, 1.54) is 12.1 Å². The Morgan fingerprint density at radius 3 is 2.23 bits per heavy atom. The summed E-state index contributed by atoms with van der Waals surface area (Å²) in [5.41, 5.74) is 3.43. The predicted molar refractivity (Wildman–Crippen MR) is 148 cm³/mol. The van der Waals surface area contributed by atoms with Crippen LogP contribution in [0.2, 0.25) is 0 Å². The second-order valence-electron chi connectivity index (χ2n) is 9.95. The van der Waals surface area contributed by atoms with Crippen molar-refractivity contribution in [1.82, 2.24) is 26.2 Å². The first-order chi connectivity index (χ1) is 18.3. The quantitative estimate of drug-likeness (QED) is 0.131. The minimum Gasteiger partial charge on any atom is -0.384 e.